The van der Waals surface area contributed by atoms with Crippen molar-refractivity contribution >= 4 is 27.6 Å². The standard InChI is InChI=1S/C25H30N2O6S/c1-32-25(29)19-9-11-20(12-10-19)33-23-14-13-21(34(30,31)27-15-5-2-6-16-27)17-22(23)26-24(28)18-7-3-4-8-18/h9-14,17-18H,2-8,15-16H2,1H3,(H,26,28). The molecule has 0 bridgehead atoms. The summed E-state index contributed by atoms with van der Waals surface area (Å²) in [6.45, 7) is 0.994. The van der Waals surface area contributed by atoms with E-state index in [2.05, 4.69) is 5.32 Å². The van der Waals surface area contributed by atoms with Crippen molar-refractivity contribution in [3.8, 4) is 11.5 Å². The van der Waals surface area contributed by atoms with Gasteiger partial charge in [0.05, 0.1) is 23.3 Å². The molecule has 0 atom stereocenters. The zero-order valence-electron chi connectivity index (χ0n) is 19.3. The molecule has 2 aromatic carbocycles. The maximum Gasteiger partial charge on any atom is 0.337 e. The largest absolute Gasteiger partial charge is 0.465 e. The van der Waals surface area contributed by atoms with E-state index in [-0.39, 0.29) is 16.7 Å². The van der Waals surface area contributed by atoms with Crippen molar-refractivity contribution in [1.29, 1.82) is 0 Å². The van der Waals surface area contributed by atoms with Gasteiger partial charge >= 0.3 is 5.97 Å². The van der Waals surface area contributed by atoms with Crippen LogP contribution in [0.15, 0.2) is 47.4 Å². The summed E-state index contributed by atoms with van der Waals surface area (Å²) in [4.78, 5) is 24.7. The highest BCUT2D eigenvalue weighted by Crippen LogP contribution is 2.35. The Bertz CT molecular complexity index is 1130. The van der Waals surface area contributed by atoms with E-state index in [9.17, 15) is 18.0 Å². The fourth-order valence-corrected chi connectivity index (χ4v) is 5.98. The minimum atomic E-state index is -3.67. The molecule has 0 unspecified atom stereocenters. The molecule has 1 saturated heterocycles. The number of rotatable bonds is 7. The lowest BCUT2D eigenvalue weighted by atomic mass is 10.1. The highest BCUT2D eigenvalue weighted by molar-refractivity contribution is 7.89. The molecular weight excluding hydrogens is 456 g/mol. The van der Waals surface area contributed by atoms with Crippen LogP contribution in [0.5, 0.6) is 11.5 Å². The summed E-state index contributed by atoms with van der Waals surface area (Å²) < 4.78 is 38.6. The van der Waals surface area contributed by atoms with E-state index in [0.29, 0.717) is 35.8 Å². The van der Waals surface area contributed by atoms with E-state index in [1.165, 1.54) is 23.5 Å². The first-order valence-electron chi connectivity index (χ1n) is 11.7. The van der Waals surface area contributed by atoms with Crippen LogP contribution in [0.4, 0.5) is 5.69 Å². The quantitative estimate of drug-likeness (QED) is 0.575. The van der Waals surface area contributed by atoms with E-state index in [1.807, 2.05) is 0 Å². The van der Waals surface area contributed by atoms with Gasteiger partial charge in [0.25, 0.3) is 0 Å². The lowest BCUT2D eigenvalue weighted by Crippen LogP contribution is -2.35. The average molecular weight is 487 g/mol. The van der Waals surface area contributed by atoms with E-state index >= 15 is 0 Å². The Morgan fingerprint density at radius 3 is 2.26 bits per heavy atom. The predicted octanol–water partition coefficient (Wildman–Crippen LogP) is 4.57. The molecule has 1 heterocycles. The molecule has 2 fully saturated rings. The van der Waals surface area contributed by atoms with Gasteiger partial charge in [-0.05, 0) is 68.1 Å². The molecule has 9 heteroatoms. The molecule has 0 radical (unpaired) electrons. The summed E-state index contributed by atoms with van der Waals surface area (Å²) in [5.74, 6) is 0.0965. The summed E-state index contributed by atoms with van der Waals surface area (Å²) in [5.41, 5.74) is 0.694. The Morgan fingerprint density at radius 1 is 0.941 bits per heavy atom. The summed E-state index contributed by atoms with van der Waals surface area (Å²) in [7, 11) is -2.36. The molecule has 1 saturated carbocycles. The number of anilines is 1. The van der Waals surface area contributed by atoms with Crippen LogP contribution in [0.2, 0.25) is 0 Å². The summed E-state index contributed by atoms with van der Waals surface area (Å²) in [6, 6.07) is 10.9. The molecule has 1 aliphatic heterocycles. The smallest absolute Gasteiger partial charge is 0.337 e. The second-order valence-electron chi connectivity index (χ2n) is 8.71. The molecule has 0 aromatic heterocycles. The highest BCUT2D eigenvalue weighted by Gasteiger charge is 2.28. The molecule has 8 nitrogen and oxygen atoms in total. The maximum atomic E-state index is 13.2. The van der Waals surface area contributed by atoms with E-state index in [1.54, 1.807) is 30.3 Å². The van der Waals surface area contributed by atoms with Crippen LogP contribution in [-0.4, -0.2) is 44.8 Å². The van der Waals surface area contributed by atoms with Crippen molar-refractivity contribution in [1.82, 2.24) is 4.31 Å². The van der Waals surface area contributed by atoms with Gasteiger partial charge in [-0.2, -0.15) is 4.31 Å². The number of hydrogen-bond donors (Lipinski definition) is 1. The number of sulfonamides is 1. The van der Waals surface area contributed by atoms with Crippen LogP contribution in [0, 0.1) is 5.92 Å². The van der Waals surface area contributed by atoms with Gasteiger partial charge in [0.15, 0.2) is 5.75 Å². The van der Waals surface area contributed by atoms with E-state index in [0.717, 1.165) is 44.9 Å². The van der Waals surface area contributed by atoms with Crippen LogP contribution >= 0.6 is 0 Å². The topological polar surface area (TPSA) is 102 Å². The maximum absolute atomic E-state index is 13.2. The number of esters is 1. The van der Waals surface area contributed by atoms with Gasteiger partial charge in [-0.25, -0.2) is 13.2 Å². The molecule has 1 aliphatic carbocycles. The fraction of sp³-hybridized carbons (Fsp3) is 0.440. The minimum Gasteiger partial charge on any atom is -0.465 e. The van der Waals surface area contributed by atoms with Gasteiger partial charge in [0.2, 0.25) is 15.9 Å². The number of nitrogens with zero attached hydrogens (tertiary/aromatic N) is 1. The van der Waals surface area contributed by atoms with Crippen molar-refractivity contribution in [2.75, 3.05) is 25.5 Å². The van der Waals surface area contributed by atoms with Crippen LogP contribution in [-0.2, 0) is 19.6 Å². The first-order valence-corrected chi connectivity index (χ1v) is 13.1. The SMILES string of the molecule is COC(=O)c1ccc(Oc2ccc(S(=O)(=O)N3CCCCC3)cc2NC(=O)C2CCCC2)cc1. The lowest BCUT2D eigenvalue weighted by Gasteiger charge is -2.26. The second-order valence-corrected chi connectivity index (χ2v) is 10.6. The number of nitrogens with one attached hydrogen (secondary N) is 1. The second kappa shape index (κ2) is 10.6. The van der Waals surface area contributed by atoms with Crippen LogP contribution in [0.3, 0.4) is 0 Å². The number of amides is 1. The Hall–Kier alpha value is -2.91. The summed E-state index contributed by atoms with van der Waals surface area (Å²) in [5, 5.41) is 2.91. The van der Waals surface area contributed by atoms with Gasteiger partial charge in [-0.1, -0.05) is 19.3 Å². The van der Waals surface area contributed by atoms with Crippen LogP contribution in [0.25, 0.3) is 0 Å². The van der Waals surface area contributed by atoms with Crippen molar-refractivity contribution in [3.63, 3.8) is 0 Å². The fourth-order valence-electron chi connectivity index (χ4n) is 4.44. The Morgan fingerprint density at radius 2 is 1.62 bits per heavy atom. The summed E-state index contributed by atoms with van der Waals surface area (Å²) >= 11 is 0. The third-order valence-corrected chi connectivity index (χ3v) is 8.29. The summed E-state index contributed by atoms with van der Waals surface area (Å²) in [6.07, 6.45) is 6.37. The normalized spacial score (nSPS) is 17.3. The first-order chi connectivity index (χ1) is 16.4. The minimum absolute atomic E-state index is 0.0884. The Labute approximate surface area is 200 Å². The zero-order chi connectivity index (χ0) is 24.1. The van der Waals surface area contributed by atoms with Gasteiger partial charge in [0.1, 0.15) is 5.75 Å². The molecule has 0 spiro atoms. The van der Waals surface area contributed by atoms with Crippen molar-refractivity contribution < 1.29 is 27.5 Å². The van der Waals surface area contributed by atoms with E-state index < -0.39 is 16.0 Å². The number of hydrogen-bond acceptors (Lipinski definition) is 6. The zero-order valence-corrected chi connectivity index (χ0v) is 20.1. The van der Waals surface area contributed by atoms with Gasteiger partial charge in [0, 0.05) is 19.0 Å². The molecular formula is C25H30N2O6S. The van der Waals surface area contributed by atoms with Crippen molar-refractivity contribution in [2.24, 2.45) is 5.92 Å². The molecule has 2 aliphatic rings. The molecule has 4 rings (SSSR count). The average Bonchev–Trinajstić information content (AvgIpc) is 3.41. The third kappa shape index (κ3) is 5.42. The molecule has 2 aromatic rings. The Kier molecular flexibility index (Phi) is 7.53. The number of methoxy groups -OCH3 is 1. The van der Waals surface area contributed by atoms with Gasteiger partial charge in [-0.3, -0.25) is 4.79 Å². The van der Waals surface area contributed by atoms with Crippen molar-refractivity contribution in [3.05, 3.63) is 48.0 Å². The first kappa shape index (κ1) is 24.2. The predicted molar refractivity (Wildman–Crippen MR) is 127 cm³/mol. The van der Waals surface area contributed by atoms with Crippen LogP contribution in [0.1, 0.15) is 55.3 Å². The lowest BCUT2D eigenvalue weighted by molar-refractivity contribution is -0.119. The number of ether oxygens (including phenoxy) is 2. The number of carbonyl (C=O) groups is 2. The highest BCUT2D eigenvalue weighted by atomic mass is 32.2. The van der Waals surface area contributed by atoms with Gasteiger partial charge < -0.3 is 14.8 Å². The molecule has 34 heavy (non-hydrogen) atoms. The molecule has 182 valence electrons. The monoisotopic (exact) mass is 486 g/mol. The Balaban J connectivity index is 1.63. The van der Waals surface area contributed by atoms with E-state index in [4.69, 9.17) is 9.47 Å². The number of piperidine rings is 1. The van der Waals surface area contributed by atoms with Gasteiger partial charge in [-0.15, -0.1) is 0 Å². The molecule has 1 N–H and O–H groups in total. The van der Waals surface area contributed by atoms with Crippen molar-refractivity contribution in [2.45, 2.75) is 49.8 Å². The number of carbonyl (C=O) groups excluding carboxylic acids is 2. The third-order valence-electron chi connectivity index (χ3n) is 6.39. The van der Waals surface area contributed by atoms with Crippen LogP contribution < -0.4 is 10.1 Å². The number of benzene rings is 2. The molecule has 1 amide bonds.